The number of rotatable bonds is 3. The van der Waals surface area contributed by atoms with E-state index in [1.54, 1.807) is 11.0 Å². The van der Waals surface area contributed by atoms with Crippen molar-refractivity contribution in [3.8, 4) is 5.75 Å². The normalized spacial score (nSPS) is 14.3. The Kier molecular flexibility index (Phi) is 5.01. The largest absolute Gasteiger partial charge is 0.484 e. The number of ether oxygens (including phenoxy) is 2. The highest BCUT2D eigenvalue weighted by Gasteiger charge is 2.28. The van der Waals surface area contributed by atoms with Gasteiger partial charge in [-0.1, -0.05) is 0 Å². The van der Waals surface area contributed by atoms with Crippen LogP contribution in [0.3, 0.4) is 0 Å². The number of nitro groups is 1. The van der Waals surface area contributed by atoms with Gasteiger partial charge in [0.2, 0.25) is 0 Å². The summed E-state index contributed by atoms with van der Waals surface area (Å²) in [5.74, 6) is 0.277. The summed E-state index contributed by atoms with van der Waals surface area (Å²) in [7, 11) is 0. The van der Waals surface area contributed by atoms with Gasteiger partial charge >= 0.3 is 11.8 Å². The van der Waals surface area contributed by atoms with E-state index in [1.807, 2.05) is 34.6 Å². The van der Waals surface area contributed by atoms with Crippen molar-refractivity contribution in [2.75, 3.05) is 6.54 Å². The minimum atomic E-state index is -0.571. The number of carbonyl (C=O) groups is 1. The quantitative estimate of drug-likeness (QED) is 0.621. The predicted molar refractivity (Wildman–Crippen MR) is 89.2 cm³/mol. The van der Waals surface area contributed by atoms with Gasteiger partial charge in [-0.05, 0) is 58.2 Å². The van der Waals surface area contributed by atoms with Crippen LogP contribution in [0.4, 0.5) is 10.5 Å². The second kappa shape index (κ2) is 6.67. The first kappa shape index (κ1) is 18.0. The Morgan fingerprint density at radius 1 is 1.29 bits per heavy atom. The first-order chi connectivity index (χ1) is 11.1. The molecule has 1 aromatic carbocycles. The van der Waals surface area contributed by atoms with Gasteiger partial charge in [-0.2, -0.15) is 0 Å². The van der Waals surface area contributed by atoms with Crippen molar-refractivity contribution in [2.45, 2.75) is 59.3 Å². The molecule has 0 N–H and O–H groups in total. The average Bonchev–Trinajstić information content (AvgIpc) is 2.43. The van der Waals surface area contributed by atoms with Crippen molar-refractivity contribution in [3.63, 3.8) is 0 Å². The van der Waals surface area contributed by atoms with Crippen molar-refractivity contribution in [1.82, 2.24) is 4.90 Å². The topological polar surface area (TPSA) is 81.9 Å². The molecule has 0 saturated heterocycles. The number of hydrogen-bond donors (Lipinski definition) is 0. The number of nitro benzene ring substituents is 1. The SMILES string of the molecule is CC(C)Oc1cc2c(cc1[N+](=O)[O-])CN(C(=O)OC(C)(C)C)CC2. The molecule has 1 aromatic rings. The molecule has 0 bridgehead atoms. The second-order valence-corrected chi connectivity index (χ2v) is 7.16. The number of nitrogens with zero attached hydrogens (tertiary/aromatic N) is 2. The predicted octanol–water partition coefficient (Wildman–Crippen LogP) is 3.68. The summed E-state index contributed by atoms with van der Waals surface area (Å²) in [5.41, 5.74) is 1.08. The van der Waals surface area contributed by atoms with Crippen LogP contribution >= 0.6 is 0 Å². The van der Waals surface area contributed by atoms with E-state index in [4.69, 9.17) is 9.47 Å². The molecule has 1 amide bonds. The van der Waals surface area contributed by atoms with Gasteiger partial charge in [0.15, 0.2) is 5.75 Å². The zero-order chi connectivity index (χ0) is 18.1. The third-order valence-corrected chi connectivity index (χ3v) is 3.50. The smallest absolute Gasteiger partial charge is 0.410 e. The van der Waals surface area contributed by atoms with Crippen molar-refractivity contribution in [1.29, 1.82) is 0 Å². The van der Waals surface area contributed by atoms with Crippen LogP contribution in [0.2, 0.25) is 0 Å². The number of hydrogen-bond acceptors (Lipinski definition) is 5. The molecule has 0 aromatic heterocycles. The van der Waals surface area contributed by atoms with Crippen LogP contribution in [0.15, 0.2) is 12.1 Å². The van der Waals surface area contributed by atoms with Crippen LogP contribution in [-0.2, 0) is 17.7 Å². The van der Waals surface area contributed by atoms with Gasteiger partial charge < -0.3 is 14.4 Å². The minimum absolute atomic E-state index is 0.0755. The Morgan fingerprint density at radius 3 is 2.50 bits per heavy atom. The van der Waals surface area contributed by atoms with E-state index in [2.05, 4.69) is 0 Å². The molecule has 0 atom stereocenters. The van der Waals surface area contributed by atoms with Crippen LogP contribution in [0.5, 0.6) is 5.75 Å². The van der Waals surface area contributed by atoms with Gasteiger partial charge in [0.1, 0.15) is 5.60 Å². The Morgan fingerprint density at radius 2 is 1.96 bits per heavy atom. The fraction of sp³-hybridized carbons (Fsp3) is 0.588. The molecule has 0 radical (unpaired) electrons. The van der Waals surface area contributed by atoms with Gasteiger partial charge in [-0.3, -0.25) is 10.1 Å². The molecule has 7 nitrogen and oxygen atoms in total. The second-order valence-electron chi connectivity index (χ2n) is 7.16. The van der Waals surface area contributed by atoms with Gasteiger partial charge in [-0.25, -0.2) is 4.79 Å². The maximum atomic E-state index is 12.2. The monoisotopic (exact) mass is 336 g/mol. The molecule has 0 saturated carbocycles. The van der Waals surface area contributed by atoms with E-state index in [-0.39, 0.29) is 17.5 Å². The van der Waals surface area contributed by atoms with Gasteiger partial charge in [-0.15, -0.1) is 0 Å². The number of benzene rings is 1. The van der Waals surface area contributed by atoms with Crippen LogP contribution in [-0.4, -0.2) is 34.2 Å². The summed E-state index contributed by atoms with van der Waals surface area (Å²) in [6.45, 7) is 9.89. The lowest BCUT2D eigenvalue weighted by atomic mass is 9.98. The van der Waals surface area contributed by atoms with Gasteiger partial charge in [0, 0.05) is 19.2 Å². The molecule has 2 rings (SSSR count). The number of fused-ring (bicyclic) bond motifs is 1. The van der Waals surface area contributed by atoms with Gasteiger partial charge in [0.25, 0.3) is 0 Å². The molecule has 24 heavy (non-hydrogen) atoms. The summed E-state index contributed by atoms with van der Waals surface area (Å²) in [6, 6.07) is 3.23. The summed E-state index contributed by atoms with van der Waals surface area (Å²) in [4.78, 5) is 24.6. The van der Waals surface area contributed by atoms with Crippen LogP contribution in [0.1, 0.15) is 45.7 Å². The standard InChI is InChI=1S/C17H24N2O5/c1-11(2)23-15-9-12-6-7-18(16(20)24-17(3,4)5)10-13(12)8-14(15)19(21)22/h8-9,11H,6-7,10H2,1-5H3. The summed E-state index contributed by atoms with van der Waals surface area (Å²) >= 11 is 0. The fourth-order valence-corrected chi connectivity index (χ4v) is 2.55. The lowest BCUT2D eigenvalue weighted by Gasteiger charge is -2.31. The Hall–Kier alpha value is -2.31. The highest BCUT2D eigenvalue weighted by atomic mass is 16.6. The lowest BCUT2D eigenvalue weighted by molar-refractivity contribution is -0.386. The molecule has 0 fully saturated rings. The number of amides is 1. The molecular weight excluding hydrogens is 312 g/mol. The summed E-state index contributed by atoms with van der Waals surface area (Å²) in [6.07, 6.45) is 0.0583. The van der Waals surface area contributed by atoms with Crippen molar-refractivity contribution in [3.05, 3.63) is 33.4 Å². The van der Waals surface area contributed by atoms with Crippen molar-refractivity contribution >= 4 is 11.8 Å². The third-order valence-electron chi connectivity index (χ3n) is 3.50. The van der Waals surface area contributed by atoms with E-state index in [0.717, 1.165) is 11.1 Å². The third kappa shape index (κ3) is 4.37. The highest BCUT2D eigenvalue weighted by molar-refractivity contribution is 5.69. The van der Waals surface area contributed by atoms with Crippen LogP contribution < -0.4 is 4.74 Å². The average molecular weight is 336 g/mol. The summed E-state index contributed by atoms with van der Waals surface area (Å²) < 4.78 is 10.9. The molecule has 1 aliphatic rings. The molecule has 1 heterocycles. The summed E-state index contributed by atoms with van der Waals surface area (Å²) in [5, 5.41) is 11.3. The maximum absolute atomic E-state index is 12.2. The first-order valence-corrected chi connectivity index (χ1v) is 8.01. The zero-order valence-electron chi connectivity index (χ0n) is 14.8. The van der Waals surface area contributed by atoms with Crippen molar-refractivity contribution < 1.29 is 19.2 Å². The fourth-order valence-electron chi connectivity index (χ4n) is 2.55. The number of carbonyl (C=O) groups excluding carboxylic acids is 1. The Balaban J connectivity index is 2.26. The lowest BCUT2D eigenvalue weighted by Crippen LogP contribution is -2.39. The van der Waals surface area contributed by atoms with E-state index >= 15 is 0 Å². The molecule has 0 unspecified atom stereocenters. The zero-order valence-corrected chi connectivity index (χ0v) is 14.8. The van der Waals surface area contributed by atoms with Crippen LogP contribution in [0, 0.1) is 10.1 Å². The molecule has 132 valence electrons. The van der Waals surface area contributed by atoms with E-state index < -0.39 is 16.6 Å². The van der Waals surface area contributed by atoms with E-state index in [9.17, 15) is 14.9 Å². The molecule has 7 heteroatoms. The van der Waals surface area contributed by atoms with E-state index in [0.29, 0.717) is 19.5 Å². The minimum Gasteiger partial charge on any atom is -0.484 e. The molecular formula is C17H24N2O5. The van der Waals surface area contributed by atoms with Crippen LogP contribution in [0.25, 0.3) is 0 Å². The first-order valence-electron chi connectivity index (χ1n) is 8.01. The van der Waals surface area contributed by atoms with E-state index in [1.165, 1.54) is 6.07 Å². The molecule has 0 aliphatic carbocycles. The van der Waals surface area contributed by atoms with Gasteiger partial charge in [0.05, 0.1) is 11.0 Å². The molecule has 1 aliphatic heterocycles. The molecule has 0 spiro atoms. The Labute approximate surface area is 141 Å². The van der Waals surface area contributed by atoms with Crippen molar-refractivity contribution in [2.24, 2.45) is 0 Å². The maximum Gasteiger partial charge on any atom is 0.410 e. The highest BCUT2D eigenvalue weighted by Crippen LogP contribution is 2.34. The Bertz CT molecular complexity index is 649.